The molecular formula is C27H32N2O2. The van der Waals surface area contributed by atoms with Gasteiger partial charge in [-0.05, 0) is 80.0 Å². The fourth-order valence-electron chi connectivity index (χ4n) is 3.60. The zero-order chi connectivity index (χ0) is 21.9. The van der Waals surface area contributed by atoms with E-state index in [1.807, 2.05) is 43.3 Å². The largest absolute Gasteiger partial charge is 0.385 e. The molecule has 0 radical (unpaired) electrons. The van der Waals surface area contributed by atoms with Gasteiger partial charge in [-0.1, -0.05) is 54.1 Å². The number of ether oxygens (including phenoxy) is 1. The van der Waals surface area contributed by atoms with Gasteiger partial charge >= 0.3 is 6.03 Å². The van der Waals surface area contributed by atoms with Crippen LogP contribution in [0.3, 0.4) is 0 Å². The maximum absolute atomic E-state index is 12.4. The minimum atomic E-state index is -0.230. The minimum Gasteiger partial charge on any atom is -0.385 e. The molecule has 0 saturated heterocycles. The number of urea groups is 1. The second kappa shape index (κ2) is 11.9. The monoisotopic (exact) mass is 416 g/mol. The second-order valence-electron chi connectivity index (χ2n) is 7.86. The summed E-state index contributed by atoms with van der Waals surface area (Å²) in [6.07, 6.45) is 5.06. The van der Waals surface area contributed by atoms with Gasteiger partial charge in [0.2, 0.25) is 0 Å². The highest BCUT2D eigenvalue weighted by atomic mass is 16.5. The van der Waals surface area contributed by atoms with Crippen LogP contribution < -0.4 is 10.6 Å². The lowest BCUT2D eigenvalue weighted by molar-refractivity contribution is 0.193. The number of carbonyl (C=O) groups excluding carboxylic acids is 1. The van der Waals surface area contributed by atoms with Crippen molar-refractivity contribution < 1.29 is 9.53 Å². The molecule has 31 heavy (non-hydrogen) atoms. The van der Waals surface area contributed by atoms with Gasteiger partial charge in [0.1, 0.15) is 0 Å². The average molecular weight is 417 g/mol. The highest BCUT2D eigenvalue weighted by Gasteiger charge is 2.08. The Morgan fingerprint density at radius 1 is 0.774 bits per heavy atom. The fourth-order valence-corrected chi connectivity index (χ4v) is 3.60. The Labute approximate surface area is 185 Å². The molecule has 0 heterocycles. The fraction of sp³-hybridized carbons (Fsp3) is 0.296. The van der Waals surface area contributed by atoms with Crippen LogP contribution in [0.15, 0.2) is 72.8 Å². The molecule has 2 amide bonds. The van der Waals surface area contributed by atoms with E-state index >= 15 is 0 Å². The first kappa shape index (κ1) is 22.6. The Balaban J connectivity index is 1.66. The number of methoxy groups -OCH3 is 1. The van der Waals surface area contributed by atoms with E-state index in [0.717, 1.165) is 55.6 Å². The Hall–Kier alpha value is -3.11. The molecule has 0 atom stereocenters. The van der Waals surface area contributed by atoms with Crippen molar-refractivity contribution in [3.63, 3.8) is 0 Å². The summed E-state index contributed by atoms with van der Waals surface area (Å²) >= 11 is 0. The Morgan fingerprint density at radius 3 is 2.23 bits per heavy atom. The first-order valence-corrected chi connectivity index (χ1v) is 10.9. The van der Waals surface area contributed by atoms with Gasteiger partial charge in [0, 0.05) is 25.1 Å². The lowest BCUT2D eigenvalue weighted by Gasteiger charge is -2.14. The summed E-state index contributed by atoms with van der Waals surface area (Å²) in [5.74, 6) is 0. The van der Waals surface area contributed by atoms with Crippen LogP contribution in [0.2, 0.25) is 0 Å². The highest BCUT2D eigenvalue weighted by molar-refractivity contribution is 5.99. The second-order valence-corrected chi connectivity index (χ2v) is 7.86. The van der Waals surface area contributed by atoms with E-state index in [1.165, 1.54) is 16.7 Å². The van der Waals surface area contributed by atoms with Crippen LogP contribution in [-0.2, 0) is 24.0 Å². The van der Waals surface area contributed by atoms with Crippen LogP contribution in [0.25, 0.3) is 0 Å². The van der Waals surface area contributed by atoms with Gasteiger partial charge in [0.15, 0.2) is 0 Å². The van der Waals surface area contributed by atoms with Gasteiger partial charge in [0.25, 0.3) is 0 Å². The molecule has 0 aliphatic carbocycles. The first-order valence-electron chi connectivity index (χ1n) is 10.9. The third-order valence-electron chi connectivity index (χ3n) is 5.34. The number of hydrogen-bond acceptors (Lipinski definition) is 2. The number of aryl methyl sites for hydroxylation is 4. The molecule has 0 saturated carbocycles. The maximum Gasteiger partial charge on any atom is 0.323 e. The van der Waals surface area contributed by atoms with Crippen LogP contribution in [0, 0.1) is 6.92 Å². The van der Waals surface area contributed by atoms with Crippen molar-refractivity contribution in [1.82, 2.24) is 0 Å². The van der Waals surface area contributed by atoms with Crippen LogP contribution >= 0.6 is 0 Å². The van der Waals surface area contributed by atoms with Gasteiger partial charge in [-0.25, -0.2) is 4.79 Å². The SMILES string of the molecule is COCCCCc1cc(NC(=O)Nc2ccc(C)cc2)ccc1CCc1ccccc1. The van der Waals surface area contributed by atoms with Crippen LogP contribution in [-0.4, -0.2) is 19.7 Å². The van der Waals surface area contributed by atoms with Crippen molar-refractivity contribution in [2.24, 2.45) is 0 Å². The number of amides is 2. The number of nitrogens with one attached hydrogen (secondary N) is 2. The molecule has 0 bridgehead atoms. The number of benzene rings is 3. The quantitative estimate of drug-likeness (QED) is 0.376. The summed E-state index contributed by atoms with van der Waals surface area (Å²) in [4.78, 5) is 12.4. The molecule has 4 heteroatoms. The third-order valence-corrected chi connectivity index (χ3v) is 5.34. The maximum atomic E-state index is 12.4. The lowest BCUT2D eigenvalue weighted by Crippen LogP contribution is -2.19. The van der Waals surface area contributed by atoms with Crippen molar-refractivity contribution in [1.29, 1.82) is 0 Å². The number of carbonyl (C=O) groups is 1. The molecule has 4 nitrogen and oxygen atoms in total. The van der Waals surface area contributed by atoms with Gasteiger partial charge in [-0.2, -0.15) is 0 Å². The number of unbranched alkanes of at least 4 members (excludes halogenated alkanes) is 1. The topological polar surface area (TPSA) is 50.4 Å². The molecule has 0 aliphatic heterocycles. The molecule has 0 unspecified atom stereocenters. The number of anilines is 2. The standard InChI is InChI=1S/C27H32N2O2/c1-21-11-16-25(17-12-21)28-27(30)29-26-18-15-23(14-13-22-8-4-3-5-9-22)24(20-26)10-6-7-19-31-2/h3-5,8-9,11-12,15-18,20H,6-7,10,13-14,19H2,1-2H3,(H2,28,29,30). The van der Waals surface area contributed by atoms with Gasteiger partial charge in [-0.3, -0.25) is 0 Å². The molecule has 0 aliphatic rings. The summed E-state index contributed by atoms with van der Waals surface area (Å²) in [5.41, 5.74) is 6.73. The van der Waals surface area contributed by atoms with E-state index in [0.29, 0.717) is 0 Å². The minimum absolute atomic E-state index is 0.230. The van der Waals surface area contributed by atoms with Crippen LogP contribution in [0.4, 0.5) is 16.2 Å². The number of hydrogen-bond donors (Lipinski definition) is 2. The van der Waals surface area contributed by atoms with E-state index < -0.39 is 0 Å². The van der Waals surface area contributed by atoms with Crippen LogP contribution in [0.5, 0.6) is 0 Å². The van der Waals surface area contributed by atoms with Crippen molar-refractivity contribution in [2.45, 2.75) is 39.0 Å². The molecule has 162 valence electrons. The number of rotatable bonds is 10. The first-order chi connectivity index (χ1) is 15.1. The molecule has 0 fully saturated rings. The zero-order valence-corrected chi connectivity index (χ0v) is 18.5. The van der Waals surface area contributed by atoms with Crippen molar-refractivity contribution in [3.8, 4) is 0 Å². The smallest absolute Gasteiger partial charge is 0.323 e. The van der Waals surface area contributed by atoms with Crippen molar-refractivity contribution >= 4 is 17.4 Å². The van der Waals surface area contributed by atoms with Crippen LogP contribution in [0.1, 0.15) is 35.1 Å². The molecule has 3 aromatic carbocycles. The molecule has 3 rings (SSSR count). The molecule has 0 aromatic heterocycles. The Bertz CT molecular complexity index is 953. The zero-order valence-electron chi connectivity index (χ0n) is 18.5. The van der Waals surface area contributed by atoms with E-state index in [1.54, 1.807) is 7.11 Å². The van der Waals surface area contributed by atoms with Gasteiger partial charge < -0.3 is 15.4 Å². The molecule has 0 spiro atoms. The Morgan fingerprint density at radius 2 is 1.48 bits per heavy atom. The molecule has 3 aromatic rings. The normalized spacial score (nSPS) is 10.6. The predicted molar refractivity (Wildman–Crippen MR) is 129 cm³/mol. The predicted octanol–water partition coefficient (Wildman–Crippen LogP) is 6.39. The molecular weight excluding hydrogens is 384 g/mol. The van der Waals surface area contributed by atoms with Crippen molar-refractivity contribution in [2.75, 3.05) is 24.4 Å². The molecule has 2 N–H and O–H groups in total. The van der Waals surface area contributed by atoms with E-state index in [9.17, 15) is 4.79 Å². The summed E-state index contributed by atoms with van der Waals surface area (Å²) in [6.45, 7) is 2.80. The van der Waals surface area contributed by atoms with Crippen molar-refractivity contribution in [3.05, 3.63) is 95.1 Å². The summed E-state index contributed by atoms with van der Waals surface area (Å²) in [7, 11) is 1.74. The third kappa shape index (κ3) is 7.58. The van der Waals surface area contributed by atoms with E-state index in [-0.39, 0.29) is 6.03 Å². The van der Waals surface area contributed by atoms with E-state index in [2.05, 4.69) is 47.0 Å². The van der Waals surface area contributed by atoms with E-state index in [4.69, 9.17) is 4.74 Å². The summed E-state index contributed by atoms with van der Waals surface area (Å²) < 4.78 is 5.19. The van der Waals surface area contributed by atoms with Gasteiger partial charge in [0.05, 0.1) is 0 Å². The summed E-state index contributed by atoms with van der Waals surface area (Å²) in [5, 5.41) is 5.86. The Kier molecular flexibility index (Phi) is 8.68. The summed E-state index contributed by atoms with van der Waals surface area (Å²) in [6, 6.07) is 24.4. The lowest BCUT2D eigenvalue weighted by atomic mass is 9.96. The van der Waals surface area contributed by atoms with Gasteiger partial charge in [-0.15, -0.1) is 0 Å². The average Bonchev–Trinajstić information content (AvgIpc) is 2.78. The highest BCUT2D eigenvalue weighted by Crippen LogP contribution is 2.21.